The minimum Gasteiger partial charge on any atom is -0.492 e. The van der Waals surface area contributed by atoms with Gasteiger partial charge in [-0.3, -0.25) is 4.57 Å². The van der Waals surface area contributed by atoms with Crippen LogP contribution >= 0.6 is 11.6 Å². The van der Waals surface area contributed by atoms with Crippen LogP contribution in [0.5, 0.6) is 5.75 Å². The summed E-state index contributed by atoms with van der Waals surface area (Å²) in [5.41, 5.74) is 1.08. The van der Waals surface area contributed by atoms with Crippen LogP contribution in [-0.2, 0) is 12.0 Å². The highest BCUT2D eigenvalue weighted by molar-refractivity contribution is 6.31. The minimum absolute atomic E-state index is 0.0770. The molecular formula is C20H20ClNO4. The maximum absolute atomic E-state index is 12.0. The summed E-state index contributed by atoms with van der Waals surface area (Å²) in [6.07, 6.45) is 0. The Labute approximate surface area is 155 Å². The standard InChI is InChI=1S/C20H20ClNO4/c1-20(2,3)13-4-7-15(8-5-13)25-11-10-22-17-9-6-14(21)12-16(17)18(23)26-19(22)24/h4-9,12H,10-11H2,1-3H3. The van der Waals surface area contributed by atoms with Crippen molar-refractivity contribution >= 4 is 22.5 Å². The first-order valence-corrected chi connectivity index (χ1v) is 8.70. The van der Waals surface area contributed by atoms with Crippen LogP contribution in [0.1, 0.15) is 26.3 Å². The number of rotatable bonds is 4. The lowest BCUT2D eigenvalue weighted by atomic mass is 9.87. The van der Waals surface area contributed by atoms with Crippen LogP contribution in [0.25, 0.3) is 10.9 Å². The number of benzene rings is 2. The molecule has 2 aromatic carbocycles. The number of ether oxygens (including phenoxy) is 1. The summed E-state index contributed by atoms with van der Waals surface area (Å²) in [6.45, 7) is 6.96. The van der Waals surface area contributed by atoms with Crippen molar-refractivity contribution in [3.05, 3.63) is 74.0 Å². The highest BCUT2D eigenvalue weighted by Gasteiger charge is 2.13. The largest absolute Gasteiger partial charge is 0.492 e. The summed E-state index contributed by atoms with van der Waals surface area (Å²) >= 11 is 5.92. The fourth-order valence-corrected chi connectivity index (χ4v) is 2.88. The molecular weight excluding hydrogens is 354 g/mol. The second kappa shape index (κ2) is 7.00. The first kappa shape index (κ1) is 18.3. The fraction of sp³-hybridized carbons (Fsp3) is 0.300. The Bertz CT molecular complexity index is 1040. The van der Waals surface area contributed by atoms with Crippen LogP contribution in [-0.4, -0.2) is 11.2 Å². The van der Waals surface area contributed by atoms with Gasteiger partial charge >= 0.3 is 11.4 Å². The molecule has 26 heavy (non-hydrogen) atoms. The van der Waals surface area contributed by atoms with E-state index in [1.807, 2.05) is 24.3 Å². The monoisotopic (exact) mass is 373 g/mol. The molecule has 6 heteroatoms. The Balaban J connectivity index is 1.78. The Morgan fingerprint density at radius 2 is 1.77 bits per heavy atom. The molecule has 0 bridgehead atoms. The van der Waals surface area contributed by atoms with E-state index < -0.39 is 11.4 Å². The van der Waals surface area contributed by atoms with E-state index >= 15 is 0 Å². The highest BCUT2D eigenvalue weighted by Crippen LogP contribution is 2.24. The molecule has 0 amide bonds. The number of halogens is 1. The second-order valence-corrected chi connectivity index (χ2v) is 7.53. The molecule has 0 N–H and O–H groups in total. The van der Waals surface area contributed by atoms with Gasteiger partial charge in [-0.1, -0.05) is 44.5 Å². The Morgan fingerprint density at radius 3 is 2.42 bits per heavy atom. The number of fused-ring (bicyclic) bond motifs is 1. The van der Waals surface area contributed by atoms with Gasteiger partial charge in [0.1, 0.15) is 12.4 Å². The smallest absolute Gasteiger partial charge is 0.422 e. The molecule has 0 saturated carbocycles. The fourth-order valence-electron chi connectivity index (χ4n) is 2.71. The van der Waals surface area contributed by atoms with E-state index in [0.29, 0.717) is 10.5 Å². The van der Waals surface area contributed by atoms with Crippen molar-refractivity contribution in [3.8, 4) is 5.75 Å². The molecule has 0 atom stereocenters. The summed E-state index contributed by atoms with van der Waals surface area (Å²) in [4.78, 5) is 23.9. The van der Waals surface area contributed by atoms with Crippen molar-refractivity contribution in [2.45, 2.75) is 32.7 Å². The maximum Gasteiger partial charge on any atom is 0.422 e. The first-order valence-electron chi connectivity index (χ1n) is 8.32. The van der Waals surface area contributed by atoms with E-state index in [-0.39, 0.29) is 24.0 Å². The molecule has 0 fully saturated rings. The summed E-state index contributed by atoms with van der Waals surface area (Å²) in [5, 5.41) is 0.678. The van der Waals surface area contributed by atoms with Gasteiger partial charge in [0.15, 0.2) is 0 Å². The molecule has 1 aromatic heterocycles. The van der Waals surface area contributed by atoms with Crippen molar-refractivity contribution < 1.29 is 9.15 Å². The van der Waals surface area contributed by atoms with E-state index in [1.165, 1.54) is 16.2 Å². The lowest BCUT2D eigenvalue weighted by Crippen LogP contribution is -2.27. The third-order valence-electron chi connectivity index (χ3n) is 4.17. The average molecular weight is 374 g/mol. The molecule has 3 rings (SSSR count). The van der Waals surface area contributed by atoms with Gasteiger partial charge in [-0.25, -0.2) is 9.59 Å². The van der Waals surface area contributed by atoms with Crippen LogP contribution in [0.15, 0.2) is 56.5 Å². The first-order chi connectivity index (χ1) is 12.3. The second-order valence-electron chi connectivity index (χ2n) is 7.09. The van der Waals surface area contributed by atoms with Crippen molar-refractivity contribution in [2.24, 2.45) is 0 Å². The van der Waals surface area contributed by atoms with Gasteiger partial charge < -0.3 is 9.15 Å². The zero-order chi connectivity index (χ0) is 18.9. The van der Waals surface area contributed by atoms with Crippen LogP contribution in [0.3, 0.4) is 0 Å². The molecule has 0 unspecified atom stereocenters. The molecule has 3 aromatic rings. The quantitative estimate of drug-likeness (QED) is 0.693. The van der Waals surface area contributed by atoms with Crippen LogP contribution < -0.4 is 16.1 Å². The molecule has 0 aliphatic carbocycles. The predicted octanol–water partition coefficient (Wildman–Crippen LogP) is 3.98. The third-order valence-corrected chi connectivity index (χ3v) is 4.41. The zero-order valence-corrected chi connectivity index (χ0v) is 15.7. The highest BCUT2D eigenvalue weighted by atomic mass is 35.5. The Morgan fingerprint density at radius 1 is 1.08 bits per heavy atom. The maximum atomic E-state index is 12.0. The Kier molecular flexibility index (Phi) is 4.92. The summed E-state index contributed by atoms with van der Waals surface area (Å²) in [5.74, 6) is 0.00675. The van der Waals surface area contributed by atoms with E-state index in [2.05, 4.69) is 20.8 Å². The van der Waals surface area contributed by atoms with Gasteiger partial charge in [-0.2, -0.15) is 0 Å². The molecule has 0 aliphatic rings. The number of aromatic nitrogens is 1. The lowest BCUT2D eigenvalue weighted by Gasteiger charge is -2.19. The molecule has 5 nitrogen and oxygen atoms in total. The lowest BCUT2D eigenvalue weighted by molar-refractivity contribution is 0.287. The molecule has 0 saturated heterocycles. The molecule has 0 spiro atoms. The zero-order valence-electron chi connectivity index (χ0n) is 14.9. The molecule has 0 radical (unpaired) electrons. The van der Waals surface area contributed by atoms with E-state index in [9.17, 15) is 9.59 Å². The van der Waals surface area contributed by atoms with E-state index in [4.69, 9.17) is 20.8 Å². The van der Waals surface area contributed by atoms with Crippen molar-refractivity contribution in [1.82, 2.24) is 4.57 Å². The minimum atomic E-state index is -0.712. The average Bonchev–Trinajstić information content (AvgIpc) is 2.58. The van der Waals surface area contributed by atoms with Crippen LogP contribution in [0.4, 0.5) is 0 Å². The van der Waals surface area contributed by atoms with Crippen LogP contribution in [0, 0.1) is 0 Å². The summed E-state index contributed by atoms with van der Waals surface area (Å²) in [6, 6.07) is 12.6. The SMILES string of the molecule is CC(C)(C)c1ccc(OCCn2c(=O)oc(=O)c3cc(Cl)ccc32)cc1. The number of nitrogens with zero attached hydrogens (tertiary/aromatic N) is 1. The molecule has 1 heterocycles. The van der Waals surface area contributed by atoms with Gasteiger partial charge in [-0.05, 0) is 41.3 Å². The Hall–Kier alpha value is -2.53. The van der Waals surface area contributed by atoms with Crippen LogP contribution in [0.2, 0.25) is 5.02 Å². The van der Waals surface area contributed by atoms with Crippen molar-refractivity contribution in [2.75, 3.05) is 6.61 Å². The number of hydrogen-bond acceptors (Lipinski definition) is 4. The van der Waals surface area contributed by atoms with Crippen molar-refractivity contribution in [3.63, 3.8) is 0 Å². The predicted molar refractivity (Wildman–Crippen MR) is 102 cm³/mol. The van der Waals surface area contributed by atoms with Gasteiger partial charge in [0.2, 0.25) is 0 Å². The summed E-state index contributed by atoms with van der Waals surface area (Å²) < 4.78 is 11.9. The van der Waals surface area contributed by atoms with Gasteiger partial charge in [0.25, 0.3) is 0 Å². The van der Waals surface area contributed by atoms with Gasteiger partial charge in [-0.15, -0.1) is 0 Å². The third kappa shape index (κ3) is 3.83. The summed E-state index contributed by atoms with van der Waals surface area (Å²) in [7, 11) is 0. The van der Waals surface area contributed by atoms with E-state index in [0.717, 1.165) is 5.75 Å². The normalized spacial score (nSPS) is 11.7. The topological polar surface area (TPSA) is 61.4 Å². The van der Waals surface area contributed by atoms with E-state index in [1.54, 1.807) is 12.1 Å². The molecule has 0 aliphatic heterocycles. The molecule has 136 valence electrons. The van der Waals surface area contributed by atoms with Gasteiger partial charge in [0, 0.05) is 5.02 Å². The van der Waals surface area contributed by atoms with Gasteiger partial charge in [0.05, 0.1) is 17.4 Å². The number of hydrogen-bond donors (Lipinski definition) is 0. The van der Waals surface area contributed by atoms with Crippen molar-refractivity contribution in [1.29, 1.82) is 0 Å².